The quantitative estimate of drug-likeness (QED) is 0.483. The first kappa shape index (κ1) is 13.6. The fourth-order valence-corrected chi connectivity index (χ4v) is 3.95. The summed E-state index contributed by atoms with van der Waals surface area (Å²) >= 11 is 4.68. The Morgan fingerprint density at radius 1 is 1.72 bits per heavy atom. The van der Waals surface area contributed by atoms with E-state index >= 15 is 0 Å². The largest absolute Gasteiger partial charge is 0.341 e. The molecule has 2 rings (SSSR count). The van der Waals surface area contributed by atoms with Crippen LogP contribution in [0.25, 0.3) is 0 Å². The summed E-state index contributed by atoms with van der Waals surface area (Å²) in [5, 5.41) is 13.8. The molecular formula is C9H12N4O2S3. The van der Waals surface area contributed by atoms with Crippen molar-refractivity contribution in [3.05, 3.63) is 21.2 Å². The second-order valence-corrected chi connectivity index (χ2v) is 6.77. The fraction of sp³-hybridized carbons (Fsp3) is 0.556. The zero-order valence-electron chi connectivity index (χ0n) is 9.74. The van der Waals surface area contributed by atoms with Crippen molar-refractivity contribution in [2.24, 2.45) is 5.10 Å². The number of hydrogen-bond donors (Lipinski definition) is 0. The summed E-state index contributed by atoms with van der Waals surface area (Å²) < 4.78 is 1.02. The van der Waals surface area contributed by atoms with E-state index in [0.717, 1.165) is 27.9 Å². The molecule has 9 heteroatoms. The second-order valence-electron chi connectivity index (χ2n) is 3.54. The van der Waals surface area contributed by atoms with E-state index in [4.69, 9.17) is 0 Å². The molecule has 0 unspecified atom stereocenters. The maximum absolute atomic E-state index is 10.5. The van der Waals surface area contributed by atoms with E-state index < -0.39 is 5.03 Å². The standard InChI is InChI=1S/C9H12N4O2S3/c1-16-9-10-5-7(18-9)6-12-3-2-4-17-8(12)11-13(14)15/h5H,2-4,6H2,1H3/b11-8-. The van der Waals surface area contributed by atoms with Gasteiger partial charge < -0.3 is 4.90 Å². The van der Waals surface area contributed by atoms with Crippen molar-refractivity contribution >= 4 is 40.0 Å². The molecule has 0 amide bonds. The molecule has 6 nitrogen and oxygen atoms in total. The molecule has 1 fully saturated rings. The molecule has 0 radical (unpaired) electrons. The number of thioether (sulfide) groups is 2. The lowest BCUT2D eigenvalue weighted by Crippen LogP contribution is -2.33. The first-order valence-electron chi connectivity index (χ1n) is 5.28. The van der Waals surface area contributed by atoms with Crippen molar-refractivity contribution < 1.29 is 5.03 Å². The molecule has 0 saturated carbocycles. The predicted octanol–water partition coefficient (Wildman–Crippen LogP) is 2.35. The molecular weight excluding hydrogens is 292 g/mol. The van der Waals surface area contributed by atoms with Gasteiger partial charge in [-0.15, -0.1) is 11.3 Å². The number of hydrogen-bond acceptors (Lipinski definition) is 6. The third-order valence-electron chi connectivity index (χ3n) is 2.29. The monoisotopic (exact) mass is 304 g/mol. The molecule has 98 valence electrons. The third-order valence-corrected chi connectivity index (χ3v) is 5.37. The molecule has 0 atom stereocenters. The van der Waals surface area contributed by atoms with Gasteiger partial charge in [0.15, 0.2) is 5.03 Å². The van der Waals surface area contributed by atoms with Gasteiger partial charge in [0.1, 0.15) is 4.34 Å². The summed E-state index contributed by atoms with van der Waals surface area (Å²) in [6.07, 6.45) is 4.84. The van der Waals surface area contributed by atoms with Crippen molar-refractivity contribution in [3.8, 4) is 0 Å². The van der Waals surface area contributed by atoms with Gasteiger partial charge in [0.25, 0.3) is 0 Å². The Labute approximate surface area is 117 Å². The van der Waals surface area contributed by atoms with Crippen molar-refractivity contribution in [2.45, 2.75) is 17.3 Å². The molecule has 0 bridgehead atoms. The van der Waals surface area contributed by atoms with Crippen molar-refractivity contribution in [1.82, 2.24) is 9.88 Å². The molecule has 1 aromatic rings. The van der Waals surface area contributed by atoms with E-state index in [-0.39, 0.29) is 0 Å². The van der Waals surface area contributed by atoms with Crippen LogP contribution in [0, 0.1) is 10.1 Å². The average Bonchev–Trinajstić information content (AvgIpc) is 2.79. The predicted molar refractivity (Wildman–Crippen MR) is 75.8 cm³/mol. The number of nitro groups is 1. The normalized spacial score (nSPS) is 18.3. The van der Waals surface area contributed by atoms with Crippen LogP contribution in [0.3, 0.4) is 0 Å². The zero-order valence-corrected chi connectivity index (χ0v) is 12.2. The van der Waals surface area contributed by atoms with Gasteiger partial charge in [-0.05, 0) is 12.7 Å². The van der Waals surface area contributed by atoms with Crippen molar-refractivity contribution in [2.75, 3.05) is 18.6 Å². The lowest BCUT2D eigenvalue weighted by molar-refractivity contribution is -0.485. The Morgan fingerprint density at radius 2 is 2.56 bits per heavy atom. The van der Waals surface area contributed by atoms with Gasteiger partial charge in [-0.25, -0.2) is 15.1 Å². The molecule has 0 aliphatic carbocycles. The highest BCUT2D eigenvalue weighted by molar-refractivity contribution is 8.13. The van der Waals surface area contributed by atoms with E-state index in [0.29, 0.717) is 11.7 Å². The fourth-order valence-electron chi connectivity index (χ4n) is 1.56. The Morgan fingerprint density at radius 3 is 3.22 bits per heavy atom. The molecule has 18 heavy (non-hydrogen) atoms. The van der Waals surface area contributed by atoms with Gasteiger partial charge in [-0.2, -0.15) is 0 Å². The number of thiazole rings is 1. The van der Waals surface area contributed by atoms with Crippen LogP contribution in [0.5, 0.6) is 0 Å². The Bertz CT molecular complexity index is 462. The lowest BCUT2D eigenvalue weighted by Gasteiger charge is -2.26. The minimum Gasteiger partial charge on any atom is -0.341 e. The lowest BCUT2D eigenvalue weighted by atomic mass is 10.4. The van der Waals surface area contributed by atoms with Crippen molar-refractivity contribution in [1.29, 1.82) is 0 Å². The highest BCUT2D eigenvalue weighted by Gasteiger charge is 2.21. The summed E-state index contributed by atoms with van der Waals surface area (Å²) in [5.74, 6) is 0.891. The topological polar surface area (TPSA) is 71.6 Å². The van der Waals surface area contributed by atoms with Crippen LogP contribution in [0.15, 0.2) is 15.6 Å². The van der Waals surface area contributed by atoms with E-state index in [1.807, 2.05) is 17.4 Å². The highest BCUT2D eigenvalue weighted by Crippen LogP contribution is 2.25. The number of aromatic nitrogens is 1. The van der Waals surface area contributed by atoms with E-state index in [2.05, 4.69) is 10.1 Å². The summed E-state index contributed by atoms with van der Waals surface area (Å²) in [5.41, 5.74) is 0. The van der Waals surface area contributed by atoms with Gasteiger partial charge in [0, 0.05) is 23.4 Å². The first-order valence-corrected chi connectivity index (χ1v) is 8.31. The van der Waals surface area contributed by atoms with Crippen LogP contribution in [0.1, 0.15) is 11.3 Å². The second kappa shape index (κ2) is 6.39. The Hall–Kier alpha value is -0.800. The molecule has 1 saturated heterocycles. The van der Waals surface area contributed by atoms with Crippen LogP contribution in [-0.4, -0.2) is 38.6 Å². The van der Waals surface area contributed by atoms with Crippen LogP contribution < -0.4 is 0 Å². The van der Waals surface area contributed by atoms with Crippen LogP contribution in [-0.2, 0) is 6.54 Å². The molecule has 0 aromatic carbocycles. The summed E-state index contributed by atoms with van der Waals surface area (Å²) in [6, 6.07) is 0. The minimum atomic E-state index is -0.624. The maximum atomic E-state index is 10.5. The smallest absolute Gasteiger partial charge is 0.237 e. The number of rotatable bonds is 4. The van der Waals surface area contributed by atoms with Gasteiger partial charge in [-0.1, -0.05) is 23.5 Å². The van der Waals surface area contributed by atoms with Crippen molar-refractivity contribution in [3.63, 3.8) is 0 Å². The van der Waals surface area contributed by atoms with E-state index in [1.165, 1.54) is 11.8 Å². The van der Waals surface area contributed by atoms with E-state index in [9.17, 15) is 10.1 Å². The van der Waals surface area contributed by atoms with Crippen LogP contribution in [0.4, 0.5) is 0 Å². The number of hydrazone groups is 1. The van der Waals surface area contributed by atoms with Crippen LogP contribution in [0.2, 0.25) is 0 Å². The Balaban J connectivity index is 2.07. The summed E-state index contributed by atoms with van der Waals surface area (Å²) in [6.45, 7) is 1.46. The Kier molecular flexibility index (Phi) is 4.84. The SMILES string of the molecule is CSc1ncc(CN2CCCS/C2=N\[N+](=O)[O-])s1. The van der Waals surface area contributed by atoms with Gasteiger partial charge in [0.05, 0.1) is 11.6 Å². The molecule has 0 spiro atoms. The highest BCUT2D eigenvalue weighted by atomic mass is 32.2. The summed E-state index contributed by atoms with van der Waals surface area (Å²) in [4.78, 5) is 17.8. The maximum Gasteiger partial charge on any atom is 0.237 e. The zero-order chi connectivity index (χ0) is 13.0. The average molecular weight is 304 g/mol. The summed E-state index contributed by atoms with van der Waals surface area (Å²) in [7, 11) is 0. The molecule has 1 aliphatic heterocycles. The molecule has 2 heterocycles. The van der Waals surface area contributed by atoms with Gasteiger partial charge >= 0.3 is 0 Å². The molecule has 1 aliphatic rings. The number of amidine groups is 1. The molecule has 0 N–H and O–H groups in total. The van der Waals surface area contributed by atoms with Gasteiger partial charge in [-0.3, -0.25) is 0 Å². The number of nitrogens with zero attached hydrogens (tertiary/aromatic N) is 4. The van der Waals surface area contributed by atoms with Gasteiger partial charge in [0.2, 0.25) is 5.17 Å². The first-order chi connectivity index (χ1) is 8.69. The van der Waals surface area contributed by atoms with E-state index in [1.54, 1.807) is 23.1 Å². The third kappa shape index (κ3) is 3.59. The molecule has 1 aromatic heterocycles. The minimum absolute atomic E-state index is 0.505. The van der Waals surface area contributed by atoms with Crippen LogP contribution >= 0.6 is 34.9 Å².